The molecule has 0 unspecified atom stereocenters. The maximum atomic E-state index is 12.8. The number of amides is 1. The number of nitrogens with one attached hydrogen (secondary N) is 1. The lowest BCUT2D eigenvalue weighted by Gasteiger charge is -2.07. The van der Waals surface area contributed by atoms with E-state index in [4.69, 9.17) is 0 Å². The number of pyridine rings is 1. The molecule has 0 atom stereocenters. The number of aromatic nitrogens is 3. The van der Waals surface area contributed by atoms with Gasteiger partial charge in [-0.05, 0) is 37.1 Å². The van der Waals surface area contributed by atoms with Crippen LogP contribution in [0.1, 0.15) is 38.4 Å². The zero-order valence-electron chi connectivity index (χ0n) is 13.5. The number of thiophene rings is 1. The Balaban J connectivity index is 1.79. The third-order valence-corrected chi connectivity index (χ3v) is 5.15. The Labute approximate surface area is 145 Å². The minimum Gasteiger partial charge on any atom is -0.344 e. The van der Waals surface area contributed by atoms with Crippen molar-refractivity contribution in [3.63, 3.8) is 0 Å². The molecule has 1 amide bonds. The summed E-state index contributed by atoms with van der Waals surface area (Å²) in [5.74, 6) is -0.0463. The lowest BCUT2D eigenvalue weighted by molar-refractivity contribution is -0.137. The number of hydrogen-bond acceptors (Lipinski definition) is 4. The average molecular weight is 368 g/mol. The molecule has 0 saturated heterocycles. The molecule has 3 heterocycles. The summed E-state index contributed by atoms with van der Waals surface area (Å²) < 4.78 is 39.8. The van der Waals surface area contributed by atoms with Crippen LogP contribution in [-0.2, 0) is 19.1 Å². The second-order valence-electron chi connectivity index (χ2n) is 5.51. The fourth-order valence-electron chi connectivity index (χ4n) is 2.46. The second-order valence-corrected chi connectivity index (χ2v) is 6.65. The van der Waals surface area contributed by atoms with Crippen molar-refractivity contribution in [3.05, 3.63) is 51.1 Å². The molecule has 0 aliphatic heterocycles. The Morgan fingerprint density at radius 2 is 2.08 bits per heavy atom. The van der Waals surface area contributed by atoms with Crippen LogP contribution in [0, 0.1) is 6.92 Å². The van der Waals surface area contributed by atoms with Gasteiger partial charge in [0.25, 0.3) is 5.91 Å². The molecule has 0 radical (unpaired) electrons. The minimum absolute atomic E-state index is 0.0142. The van der Waals surface area contributed by atoms with Gasteiger partial charge < -0.3 is 5.32 Å². The lowest BCUT2D eigenvalue weighted by atomic mass is 10.2. The normalized spacial score (nSPS) is 11.9. The van der Waals surface area contributed by atoms with Crippen molar-refractivity contribution in [2.24, 2.45) is 0 Å². The van der Waals surface area contributed by atoms with Gasteiger partial charge in [0.1, 0.15) is 0 Å². The number of carbonyl (C=O) groups excluding carboxylic acids is 1. The van der Waals surface area contributed by atoms with Crippen molar-refractivity contribution in [3.8, 4) is 0 Å². The molecule has 5 nitrogen and oxygen atoms in total. The van der Waals surface area contributed by atoms with E-state index < -0.39 is 11.7 Å². The van der Waals surface area contributed by atoms with E-state index in [9.17, 15) is 18.0 Å². The Morgan fingerprint density at radius 3 is 2.72 bits per heavy atom. The monoisotopic (exact) mass is 368 g/mol. The van der Waals surface area contributed by atoms with Crippen molar-refractivity contribution in [1.82, 2.24) is 19.9 Å². The number of rotatable bonds is 4. The van der Waals surface area contributed by atoms with Crippen molar-refractivity contribution < 1.29 is 18.0 Å². The highest BCUT2D eigenvalue weighted by atomic mass is 32.1. The van der Waals surface area contributed by atoms with Crippen molar-refractivity contribution in [1.29, 1.82) is 0 Å². The number of alkyl halides is 3. The summed E-state index contributed by atoms with van der Waals surface area (Å²) >= 11 is 1.41. The van der Waals surface area contributed by atoms with Crippen molar-refractivity contribution >= 4 is 22.9 Å². The number of carbonyl (C=O) groups is 1. The quantitative estimate of drug-likeness (QED) is 0.765. The maximum Gasteiger partial charge on any atom is 0.417 e. The first kappa shape index (κ1) is 17.4. The molecular weight excluding hydrogens is 353 g/mol. The highest BCUT2D eigenvalue weighted by Gasteiger charge is 2.31. The SMILES string of the molecule is CCc1sc(C(=O)NCc2nnc3ccc(C(F)(F)F)cn23)cc1C. The summed E-state index contributed by atoms with van der Waals surface area (Å²) in [6.07, 6.45) is -2.68. The molecular formula is C16H15F3N4OS. The number of aryl methyl sites for hydroxylation is 2. The van der Waals surface area contributed by atoms with Gasteiger partial charge in [-0.25, -0.2) is 0 Å². The number of fused-ring (bicyclic) bond motifs is 1. The van der Waals surface area contributed by atoms with E-state index in [1.807, 2.05) is 19.9 Å². The van der Waals surface area contributed by atoms with E-state index in [0.717, 1.165) is 29.1 Å². The maximum absolute atomic E-state index is 12.8. The highest BCUT2D eigenvalue weighted by Crippen LogP contribution is 2.29. The Morgan fingerprint density at radius 1 is 1.32 bits per heavy atom. The molecule has 9 heteroatoms. The van der Waals surface area contributed by atoms with Crippen LogP contribution in [0.5, 0.6) is 0 Å². The van der Waals surface area contributed by atoms with Crippen LogP contribution in [0.25, 0.3) is 5.65 Å². The van der Waals surface area contributed by atoms with Gasteiger partial charge in [-0.1, -0.05) is 6.92 Å². The summed E-state index contributed by atoms with van der Waals surface area (Å²) in [5, 5.41) is 10.4. The first-order valence-electron chi connectivity index (χ1n) is 7.58. The lowest BCUT2D eigenvalue weighted by Crippen LogP contribution is -2.23. The van der Waals surface area contributed by atoms with Crippen LogP contribution < -0.4 is 5.32 Å². The molecule has 0 fully saturated rings. The standard InChI is InChI=1S/C16H15F3N4OS/c1-3-11-9(2)6-12(25-11)15(24)20-7-14-22-21-13-5-4-10(8-23(13)14)16(17,18)19/h4-6,8H,3,7H2,1-2H3,(H,20,24). The van der Waals surface area contributed by atoms with Crippen molar-refractivity contribution in [2.75, 3.05) is 0 Å². The Kier molecular flexibility index (Phi) is 4.51. The molecule has 3 aromatic heterocycles. The molecule has 25 heavy (non-hydrogen) atoms. The van der Waals surface area contributed by atoms with Crippen LogP contribution in [0.15, 0.2) is 24.4 Å². The molecule has 0 aromatic carbocycles. The largest absolute Gasteiger partial charge is 0.417 e. The minimum atomic E-state index is -4.45. The van der Waals surface area contributed by atoms with Crippen LogP contribution in [-0.4, -0.2) is 20.5 Å². The van der Waals surface area contributed by atoms with E-state index in [2.05, 4.69) is 15.5 Å². The Bertz CT molecular complexity index is 929. The van der Waals surface area contributed by atoms with Gasteiger partial charge in [-0.2, -0.15) is 13.2 Å². The number of hydrogen-bond donors (Lipinski definition) is 1. The first-order chi connectivity index (χ1) is 11.8. The van der Waals surface area contributed by atoms with Gasteiger partial charge in [0.15, 0.2) is 11.5 Å². The molecule has 3 rings (SSSR count). The van der Waals surface area contributed by atoms with E-state index in [1.165, 1.54) is 21.8 Å². The van der Waals surface area contributed by atoms with Crippen LogP contribution in [0.4, 0.5) is 13.2 Å². The molecule has 132 valence electrons. The molecule has 0 bridgehead atoms. The molecule has 0 aliphatic carbocycles. The Hall–Kier alpha value is -2.42. The van der Waals surface area contributed by atoms with E-state index in [1.54, 1.807) is 0 Å². The third kappa shape index (κ3) is 3.51. The fraction of sp³-hybridized carbons (Fsp3) is 0.312. The second kappa shape index (κ2) is 6.47. The molecule has 0 spiro atoms. The molecule has 0 aliphatic rings. The zero-order chi connectivity index (χ0) is 18.2. The van der Waals surface area contributed by atoms with Crippen molar-refractivity contribution in [2.45, 2.75) is 33.0 Å². The van der Waals surface area contributed by atoms with E-state index >= 15 is 0 Å². The zero-order valence-corrected chi connectivity index (χ0v) is 14.3. The van der Waals surface area contributed by atoms with Crippen LogP contribution in [0.2, 0.25) is 0 Å². The van der Waals surface area contributed by atoms with Gasteiger partial charge in [-0.15, -0.1) is 21.5 Å². The van der Waals surface area contributed by atoms with Crippen LogP contribution >= 0.6 is 11.3 Å². The van der Waals surface area contributed by atoms with Gasteiger partial charge in [0.05, 0.1) is 17.0 Å². The van der Waals surface area contributed by atoms with Gasteiger partial charge in [0, 0.05) is 11.1 Å². The number of halogens is 3. The smallest absolute Gasteiger partial charge is 0.344 e. The summed E-state index contributed by atoms with van der Waals surface area (Å²) in [6, 6.07) is 4.01. The predicted octanol–water partition coefficient (Wildman–Crippen LogP) is 3.61. The highest BCUT2D eigenvalue weighted by molar-refractivity contribution is 7.14. The third-order valence-electron chi connectivity index (χ3n) is 3.77. The van der Waals surface area contributed by atoms with E-state index in [0.29, 0.717) is 4.88 Å². The molecule has 1 N–H and O–H groups in total. The first-order valence-corrected chi connectivity index (χ1v) is 8.39. The van der Waals surface area contributed by atoms with Gasteiger partial charge in [-0.3, -0.25) is 9.20 Å². The predicted molar refractivity (Wildman–Crippen MR) is 87.6 cm³/mol. The van der Waals surface area contributed by atoms with Gasteiger partial charge in [0.2, 0.25) is 0 Å². The number of nitrogens with zero attached hydrogens (tertiary/aromatic N) is 3. The summed E-state index contributed by atoms with van der Waals surface area (Å²) in [4.78, 5) is 13.9. The summed E-state index contributed by atoms with van der Waals surface area (Å²) in [6.45, 7) is 3.94. The van der Waals surface area contributed by atoms with Crippen LogP contribution in [0.3, 0.4) is 0 Å². The topological polar surface area (TPSA) is 59.3 Å². The van der Waals surface area contributed by atoms with Gasteiger partial charge >= 0.3 is 6.18 Å². The van der Waals surface area contributed by atoms with E-state index in [-0.39, 0.29) is 23.9 Å². The molecule has 3 aromatic rings. The summed E-state index contributed by atoms with van der Waals surface area (Å²) in [7, 11) is 0. The fourth-order valence-corrected chi connectivity index (χ4v) is 3.49. The molecule has 0 saturated carbocycles. The summed E-state index contributed by atoms with van der Waals surface area (Å²) in [5.41, 5.74) is 0.548. The average Bonchev–Trinajstić information content (AvgIpc) is 3.14.